The van der Waals surface area contributed by atoms with E-state index in [1.807, 2.05) is 18.2 Å². The van der Waals surface area contributed by atoms with Gasteiger partial charge in [-0.2, -0.15) is 0 Å². The average Bonchev–Trinajstić information content (AvgIpc) is 3.38. The summed E-state index contributed by atoms with van der Waals surface area (Å²) in [5, 5.41) is 14.0. The Kier molecular flexibility index (Phi) is 8.28. The third-order valence-corrected chi connectivity index (χ3v) is 7.07. The van der Waals surface area contributed by atoms with Gasteiger partial charge in [0.15, 0.2) is 6.29 Å². The standard InChI is InChI=1S/C18H24N4O2.C7H7ClFN/c1-21-17(20)14(10-23)16(19)11-6-12-8-18(24,9-13(12)7-11)15-4-2-3-5-22-15;1-10-5-2-3-7(9)6(8)4-5/h2-5,10-13,24H,6-9,19H2,1H3,(H2,20,21);2-4,10H,1H3/b16-14-;. The van der Waals surface area contributed by atoms with Gasteiger partial charge in [-0.3, -0.25) is 14.8 Å². The Morgan fingerprint density at radius 1 is 1.26 bits per heavy atom. The lowest BCUT2D eigenvalue weighted by Crippen LogP contribution is -2.26. The Balaban J connectivity index is 0.000000271. The first-order chi connectivity index (χ1) is 16.2. The first-order valence-corrected chi connectivity index (χ1v) is 11.5. The highest BCUT2D eigenvalue weighted by Crippen LogP contribution is 2.55. The number of hydrogen-bond donors (Lipinski definition) is 4. The van der Waals surface area contributed by atoms with Crippen molar-refractivity contribution in [3.8, 4) is 0 Å². The molecule has 9 heteroatoms. The summed E-state index contributed by atoms with van der Waals surface area (Å²) in [6.45, 7) is 0. The van der Waals surface area contributed by atoms with E-state index in [4.69, 9.17) is 23.1 Å². The van der Waals surface area contributed by atoms with E-state index >= 15 is 0 Å². The summed E-state index contributed by atoms with van der Waals surface area (Å²) < 4.78 is 12.5. The number of rotatable bonds is 5. The van der Waals surface area contributed by atoms with Gasteiger partial charge in [0.05, 0.1) is 16.3 Å². The van der Waals surface area contributed by atoms with Gasteiger partial charge in [0.25, 0.3) is 0 Å². The molecule has 2 aliphatic rings. The van der Waals surface area contributed by atoms with Crippen molar-refractivity contribution < 1.29 is 14.3 Å². The summed E-state index contributed by atoms with van der Waals surface area (Å²) in [6, 6.07) is 10.1. The second-order valence-corrected chi connectivity index (χ2v) is 9.23. The molecular weight excluding hydrogens is 457 g/mol. The largest absolute Gasteiger partial charge is 0.401 e. The van der Waals surface area contributed by atoms with Crippen LogP contribution in [0.4, 0.5) is 10.1 Å². The van der Waals surface area contributed by atoms with Crippen molar-refractivity contribution >= 4 is 29.4 Å². The number of aldehydes is 1. The Hall–Kier alpha value is -2.97. The first kappa shape index (κ1) is 25.6. The van der Waals surface area contributed by atoms with Crippen molar-refractivity contribution in [2.24, 2.45) is 34.2 Å². The topological polar surface area (TPSA) is 127 Å². The molecule has 0 saturated heterocycles. The number of benzene rings is 1. The highest BCUT2D eigenvalue weighted by molar-refractivity contribution is 6.31. The zero-order valence-corrected chi connectivity index (χ0v) is 20.1. The summed E-state index contributed by atoms with van der Waals surface area (Å²) in [6.07, 6.45) is 5.50. The van der Waals surface area contributed by atoms with E-state index in [9.17, 15) is 14.3 Å². The van der Waals surface area contributed by atoms with Gasteiger partial charge in [-0.1, -0.05) is 17.7 Å². The van der Waals surface area contributed by atoms with E-state index in [0.29, 0.717) is 42.2 Å². The molecule has 2 atom stereocenters. The summed E-state index contributed by atoms with van der Waals surface area (Å²) in [7, 11) is 3.30. The number of aliphatic hydroxyl groups is 1. The molecule has 0 bridgehead atoms. The number of carbonyl (C=O) groups excluding carboxylic acids is 1. The normalized spacial score (nSPS) is 26.7. The van der Waals surface area contributed by atoms with E-state index in [1.54, 1.807) is 26.4 Å². The SMILES string of the molecule is CN=C(N)/C(C=O)=C(\N)C1CC2CC(O)(c3ccccn3)CC2C1.CNc1ccc(F)c(Cl)c1. The average molecular weight is 488 g/mol. The predicted octanol–water partition coefficient (Wildman–Crippen LogP) is 3.62. The number of aliphatic imine (C=N–C) groups is 1. The number of pyridine rings is 1. The minimum absolute atomic E-state index is 0.119. The van der Waals surface area contributed by atoms with Gasteiger partial charge in [0.1, 0.15) is 17.3 Å². The molecule has 4 rings (SSSR count). The fraction of sp³-hybridized carbons (Fsp3) is 0.400. The molecule has 182 valence electrons. The molecule has 6 N–H and O–H groups in total. The van der Waals surface area contributed by atoms with Crippen LogP contribution >= 0.6 is 11.6 Å². The van der Waals surface area contributed by atoms with Crippen LogP contribution in [0, 0.1) is 23.6 Å². The zero-order valence-electron chi connectivity index (χ0n) is 19.3. The van der Waals surface area contributed by atoms with Gasteiger partial charge in [-0.05, 0) is 73.8 Å². The van der Waals surface area contributed by atoms with Crippen molar-refractivity contribution in [3.05, 3.63) is 70.4 Å². The van der Waals surface area contributed by atoms with Crippen LogP contribution in [0.5, 0.6) is 0 Å². The third kappa shape index (κ3) is 5.56. The van der Waals surface area contributed by atoms with Crippen molar-refractivity contribution in [3.63, 3.8) is 0 Å². The number of allylic oxidation sites excluding steroid dienone is 1. The number of nitrogens with zero attached hydrogens (tertiary/aromatic N) is 2. The number of amidine groups is 1. The van der Waals surface area contributed by atoms with Crippen LogP contribution in [0.15, 0.2) is 58.9 Å². The van der Waals surface area contributed by atoms with Crippen LogP contribution in [0.3, 0.4) is 0 Å². The predicted molar refractivity (Wildman–Crippen MR) is 133 cm³/mol. The Morgan fingerprint density at radius 3 is 2.44 bits per heavy atom. The maximum Gasteiger partial charge on any atom is 0.155 e. The Labute approximate surface area is 204 Å². The van der Waals surface area contributed by atoms with Crippen molar-refractivity contribution in [2.75, 3.05) is 19.4 Å². The molecule has 1 aromatic heterocycles. The highest BCUT2D eigenvalue weighted by Gasteiger charge is 2.50. The fourth-order valence-electron chi connectivity index (χ4n) is 5.03. The molecule has 2 fully saturated rings. The molecule has 2 unspecified atom stereocenters. The minimum Gasteiger partial charge on any atom is -0.401 e. The van der Waals surface area contributed by atoms with Crippen LogP contribution in [0.2, 0.25) is 5.02 Å². The molecule has 0 radical (unpaired) electrons. The van der Waals surface area contributed by atoms with E-state index in [1.165, 1.54) is 12.1 Å². The third-order valence-electron chi connectivity index (χ3n) is 6.78. The Morgan fingerprint density at radius 2 is 1.94 bits per heavy atom. The second kappa shape index (κ2) is 11.0. The number of hydrogen-bond acceptors (Lipinski definition) is 6. The van der Waals surface area contributed by atoms with Gasteiger partial charge < -0.3 is 21.9 Å². The quantitative estimate of drug-likeness (QED) is 0.221. The number of halogens is 2. The minimum atomic E-state index is -0.850. The second-order valence-electron chi connectivity index (χ2n) is 8.82. The molecule has 1 aromatic carbocycles. The number of nitrogens with one attached hydrogen (secondary N) is 1. The zero-order chi connectivity index (χ0) is 24.9. The summed E-state index contributed by atoms with van der Waals surface area (Å²) in [5.74, 6) is 0.681. The molecular formula is C25H31ClFN5O2. The van der Waals surface area contributed by atoms with Crippen LogP contribution in [-0.4, -0.2) is 36.3 Å². The number of fused-ring (bicyclic) bond motifs is 1. The van der Waals surface area contributed by atoms with Crippen molar-refractivity contribution in [1.82, 2.24) is 4.98 Å². The highest BCUT2D eigenvalue weighted by atomic mass is 35.5. The maximum absolute atomic E-state index is 12.5. The van der Waals surface area contributed by atoms with E-state index < -0.39 is 5.60 Å². The smallest absolute Gasteiger partial charge is 0.155 e. The van der Waals surface area contributed by atoms with Crippen molar-refractivity contribution in [1.29, 1.82) is 0 Å². The maximum atomic E-state index is 12.5. The van der Waals surface area contributed by atoms with Crippen LogP contribution in [0.25, 0.3) is 0 Å². The lowest BCUT2D eigenvalue weighted by atomic mass is 9.89. The molecule has 7 nitrogen and oxygen atoms in total. The van der Waals surface area contributed by atoms with E-state index in [2.05, 4.69) is 15.3 Å². The van der Waals surface area contributed by atoms with Gasteiger partial charge >= 0.3 is 0 Å². The van der Waals surface area contributed by atoms with Gasteiger partial charge in [-0.15, -0.1) is 0 Å². The molecule has 0 aliphatic heterocycles. The van der Waals surface area contributed by atoms with Gasteiger partial charge in [0.2, 0.25) is 0 Å². The lowest BCUT2D eigenvalue weighted by molar-refractivity contribution is -0.104. The van der Waals surface area contributed by atoms with Crippen LogP contribution in [0.1, 0.15) is 31.4 Å². The lowest BCUT2D eigenvalue weighted by Gasteiger charge is -2.24. The van der Waals surface area contributed by atoms with Crippen LogP contribution < -0.4 is 16.8 Å². The number of nitrogens with two attached hydrogens (primary N) is 2. The molecule has 0 amide bonds. The molecule has 2 aromatic rings. The Bertz CT molecular complexity index is 1060. The first-order valence-electron chi connectivity index (χ1n) is 11.2. The number of aromatic nitrogens is 1. The van der Waals surface area contributed by atoms with Gasteiger partial charge in [0, 0.05) is 31.7 Å². The van der Waals surface area contributed by atoms with Crippen LogP contribution in [-0.2, 0) is 10.4 Å². The molecule has 0 spiro atoms. The molecule has 2 saturated carbocycles. The monoisotopic (exact) mass is 487 g/mol. The van der Waals surface area contributed by atoms with E-state index in [-0.39, 0.29) is 22.6 Å². The molecule has 34 heavy (non-hydrogen) atoms. The van der Waals surface area contributed by atoms with Crippen molar-refractivity contribution in [2.45, 2.75) is 31.3 Å². The number of anilines is 1. The molecule has 1 heterocycles. The molecule has 2 aliphatic carbocycles. The fourth-order valence-corrected chi connectivity index (χ4v) is 5.21. The van der Waals surface area contributed by atoms with E-state index in [0.717, 1.165) is 24.2 Å². The summed E-state index contributed by atoms with van der Waals surface area (Å²) in [5.41, 5.74) is 13.5. The summed E-state index contributed by atoms with van der Waals surface area (Å²) >= 11 is 5.48. The number of carbonyl (C=O) groups is 1. The van der Waals surface area contributed by atoms with Gasteiger partial charge in [-0.25, -0.2) is 4.39 Å². The summed E-state index contributed by atoms with van der Waals surface area (Å²) in [4.78, 5) is 19.5.